The highest BCUT2D eigenvalue weighted by molar-refractivity contribution is 6.32. The van der Waals surface area contributed by atoms with Gasteiger partial charge >= 0.3 is 12.0 Å². The molecule has 21 heavy (non-hydrogen) atoms. The number of methoxy groups -OCH3 is 1. The Morgan fingerprint density at radius 2 is 2.10 bits per heavy atom. The average Bonchev–Trinajstić information content (AvgIpc) is 2.39. The lowest BCUT2D eigenvalue weighted by Gasteiger charge is -2.14. The number of hydrogen-bond acceptors (Lipinski definition) is 4. The van der Waals surface area contributed by atoms with Crippen LogP contribution in [-0.4, -0.2) is 36.2 Å². The molecule has 0 fully saturated rings. The summed E-state index contributed by atoms with van der Waals surface area (Å²) in [6.07, 6.45) is -0.507. The van der Waals surface area contributed by atoms with Crippen molar-refractivity contribution < 1.29 is 24.2 Å². The number of ether oxygens (including phenoxy) is 1. The molecule has 0 saturated carbocycles. The maximum Gasteiger partial charge on any atom is 0.326 e. The van der Waals surface area contributed by atoms with Crippen molar-refractivity contribution in [3.63, 3.8) is 0 Å². The zero-order valence-electron chi connectivity index (χ0n) is 11.1. The maximum atomic E-state index is 11.7. The fourth-order valence-electron chi connectivity index (χ4n) is 1.46. The SMILES string of the molecule is COc1cc(NC(=O)N[C@@H](CC(N)=O)C(=O)O)ccc1Cl. The monoisotopic (exact) mass is 315 g/mol. The summed E-state index contributed by atoms with van der Waals surface area (Å²) in [5, 5.41) is 13.8. The van der Waals surface area contributed by atoms with Crippen LogP contribution >= 0.6 is 11.6 Å². The Hall–Kier alpha value is -2.48. The molecule has 0 bridgehead atoms. The predicted octanol–water partition coefficient (Wildman–Crippen LogP) is 0.799. The first-order valence-electron chi connectivity index (χ1n) is 5.75. The summed E-state index contributed by atoms with van der Waals surface area (Å²) in [6, 6.07) is 2.28. The number of amides is 3. The number of nitrogens with two attached hydrogens (primary N) is 1. The third-order valence-electron chi connectivity index (χ3n) is 2.42. The largest absolute Gasteiger partial charge is 0.495 e. The smallest absolute Gasteiger partial charge is 0.326 e. The van der Waals surface area contributed by atoms with Gasteiger partial charge in [-0.2, -0.15) is 0 Å². The lowest BCUT2D eigenvalue weighted by Crippen LogP contribution is -2.45. The van der Waals surface area contributed by atoms with Gasteiger partial charge in [-0.3, -0.25) is 4.79 Å². The van der Waals surface area contributed by atoms with Crippen molar-refractivity contribution in [1.82, 2.24) is 5.32 Å². The van der Waals surface area contributed by atoms with Crippen LogP contribution in [0.3, 0.4) is 0 Å². The molecule has 0 saturated heterocycles. The van der Waals surface area contributed by atoms with Crippen LogP contribution in [0, 0.1) is 0 Å². The molecule has 0 aliphatic carbocycles. The Balaban J connectivity index is 2.72. The van der Waals surface area contributed by atoms with Gasteiger partial charge in [0.1, 0.15) is 11.8 Å². The van der Waals surface area contributed by atoms with Crippen molar-refractivity contribution >= 4 is 35.2 Å². The van der Waals surface area contributed by atoms with Crippen LogP contribution in [0.15, 0.2) is 18.2 Å². The topological polar surface area (TPSA) is 131 Å². The molecular formula is C12H14ClN3O5. The Morgan fingerprint density at radius 3 is 2.62 bits per heavy atom. The lowest BCUT2D eigenvalue weighted by molar-refractivity contribution is -0.140. The van der Waals surface area contributed by atoms with Crippen molar-refractivity contribution in [3.05, 3.63) is 23.2 Å². The molecule has 1 aromatic carbocycles. The normalized spacial score (nSPS) is 11.3. The van der Waals surface area contributed by atoms with Gasteiger partial charge in [0, 0.05) is 11.8 Å². The maximum absolute atomic E-state index is 11.7. The lowest BCUT2D eigenvalue weighted by atomic mass is 10.2. The number of rotatable bonds is 6. The average molecular weight is 316 g/mol. The number of anilines is 1. The Labute approximate surface area is 125 Å². The third kappa shape index (κ3) is 5.19. The summed E-state index contributed by atoms with van der Waals surface area (Å²) in [5.41, 5.74) is 5.25. The minimum absolute atomic E-state index is 0.344. The molecule has 1 aromatic rings. The highest BCUT2D eigenvalue weighted by atomic mass is 35.5. The minimum Gasteiger partial charge on any atom is -0.495 e. The molecule has 3 amide bonds. The van der Waals surface area contributed by atoms with E-state index in [-0.39, 0.29) is 0 Å². The summed E-state index contributed by atoms with van der Waals surface area (Å²) in [4.78, 5) is 33.3. The molecule has 0 aliphatic heterocycles. The predicted molar refractivity (Wildman–Crippen MR) is 75.4 cm³/mol. The molecule has 0 radical (unpaired) electrons. The number of nitrogens with one attached hydrogen (secondary N) is 2. The van der Waals surface area contributed by atoms with Crippen LogP contribution in [0.25, 0.3) is 0 Å². The first-order chi connectivity index (χ1) is 9.83. The van der Waals surface area contributed by atoms with E-state index in [1.807, 2.05) is 0 Å². The quantitative estimate of drug-likeness (QED) is 0.616. The van der Waals surface area contributed by atoms with Crippen molar-refractivity contribution in [2.45, 2.75) is 12.5 Å². The van der Waals surface area contributed by atoms with Crippen molar-refractivity contribution in [2.24, 2.45) is 5.73 Å². The number of aliphatic carboxylic acids is 1. The molecule has 5 N–H and O–H groups in total. The summed E-state index contributed by atoms with van der Waals surface area (Å²) in [5.74, 6) is -1.85. The first kappa shape index (κ1) is 16.6. The first-order valence-corrected chi connectivity index (χ1v) is 6.13. The van der Waals surface area contributed by atoms with Gasteiger partial charge in [-0.1, -0.05) is 11.6 Å². The highest BCUT2D eigenvalue weighted by Gasteiger charge is 2.22. The van der Waals surface area contributed by atoms with Crippen molar-refractivity contribution in [3.8, 4) is 5.75 Å². The van der Waals surface area contributed by atoms with E-state index < -0.39 is 30.4 Å². The molecule has 1 rings (SSSR count). The summed E-state index contributed by atoms with van der Waals surface area (Å²) < 4.78 is 4.98. The minimum atomic E-state index is -1.41. The second kappa shape index (κ2) is 7.34. The molecular weight excluding hydrogens is 302 g/mol. The number of carboxylic acids is 1. The Kier molecular flexibility index (Phi) is 5.79. The van der Waals surface area contributed by atoms with E-state index >= 15 is 0 Å². The number of hydrogen-bond donors (Lipinski definition) is 4. The van der Waals surface area contributed by atoms with Gasteiger partial charge in [-0.05, 0) is 12.1 Å². The van der Waals surface area contributed by atoms with E-state index in [1.54, 1.807) is 0 Å². The number of carbonyl (C=O) groups is 3. The number of benzene rings is 1. The van der Waals surface area contributed by atoms with Gasteiger partial charge in [-0.25, -0.2) is 9.59 Å². The number of halogens is 1. The van der Waals surface area contributed by atoms with Crippen LogP contribution in [0.1, 0.15) is 6.42 Å². The number of carboxylic acid groups (broad SMARTS) is 1. The zero-order valence-corrected chi connectivity index (χ0v) is 11.8. The molecule has 1 atom stereocenters. The fraction of sp³-hybridized carbons (Fsp3) is 0.250. The van der Waals surface area contributed by atoms with Crippen LogP contribution in [-0.2, 0) is 9.59 Å². The molecule has 0 heterocycles. The van der Waals surface area contributed by atoms with Crippen molar-refractivity contribution in [1.29, 1.82) is 0 Å². The molecule has 114 valence electrons. The summed E-state index contributed by atoms with van der Waals surface area (Å²) in [7, 11) is 1.42. The summed E-state index contributed by atoms with van der Waals surface area (Å²) >= 11 is 5.83. The van der Waals surface area contributed by atoms with Gasteiger partial charge < -0.3 is 26.2 Å². The van der Waals surface area contributed by atoms with Gasteiger partial charge in [0.05, 0.1) is 18.6 Å². The standard InChI is InChI=1S/C12H14ClN3O5/c1-21-9-4-6(2-3-7(9)13)15-12(20)16-8(11(18)19)5-10(14)17/h2-4,8H,5H2,1H3,(H2,14,17)(H,18,19)(H2,15,16,20)/t8-/m0/s1. The van der Waals surface area contributed by atoms with Gasteiger partial charge in [0.15, 0.2) is 0 Å². The molecule has 9 heteroatoms. The number of urea groups is 1. The van der Waals surface area contributed by atoms with Gasteiger partial charge in [0.25, 0.3) is 0 Å². The highest BCUT2D eigenvalue weighted by Crippen LogP contribution is 2.27. The molecule has 0 unspecified atom stereocenters. The fourth-order valence-corrected chi connectivity index (χ4v) is 1.66. The van der Waals surface area contributed by atoms with Gasteiger partial charge in [-0.15, -0.1) is 0 Å². The van der Waals surface area contributed by atoms with Crippen LogP contribution in [0.5, 0.6) is 5.75 Å². The zero-order chi connectivity index (χ0) is 16.0. The van der Waals surface area contributed by atoms with E-state index in [1.165, 1.54) is 25.3 Å². The number of primary amides is 1. The third-order valence-corrected chi connectivity index (χ3v) is 2.73. The second-order valence-corrected chi connectivity index (χ2v) is 4.42. The molecule has 8 nitrogen and oxygen atoms in total. The molecule has 0 spiro atoms. The van der Waals surface area contributed by atoms with Crippen LogP contribution < -0.4 is 21.1 Å². The van der Waals surface area contributed by atoms with E-state index in [9.17, 15) is 14.4 Å². The summed E-state index contributed by atoms with van der Waals surface area (Å²) in [6.45, 7) is 0. The van der Waals surface area contributed by atoms with E-state index in [0.29, 0.717) is 16.5 Å². The Bertz CT molecular complexity index is 564. The van der Waals surface area contributed by atoms with Crippen LogP contribution in [0.2, 0.25) is 5.02 Å². The molecule has 0 aliphatic rings. The Morgan fingerprint density at radius 1 is 1.43 bits per heavy atom. The van der Waals surface area contributed by atoms with E-state index in [4.69, 9.17) is 27.2 Å². The molecule has 0 aromatic heterocycles. The van der Waals surface area contributed by atoms with E-state index in [0.717, 1.165) is 0 Å². The number of carbonyl (C=O) groups excluding carboxylic acids is 2. The second-order valence-electron chi connectivity index (χ2n) is 4.01. The van der Waals surface area contributed by atoms with Crippen LogP contribution in [0.4, 0.5) is 10.5 Å². The van der Waals surface area contributed by atoms with E-state index in [2.05, 4.69) is 10.6 Å². The van der Waals surface area contributed by atoms with Crippen molar-refractivity contribution in [2.75, 3.05) is 12.4 Å². The van der Waals surface area contributed by atoms with Gasteiger partial charge in [0.2, 0.25) is 5.91 Å².